The predicted molar refractivity (Wildman–Crippen MR) is 97.0 cm³/mol. The lowest BCUT2D eigenvalue weighted by atomic mass is 9.79. The number of nitrogens with two attached hydrogens (primary N) is 1. The molecule has 26 heavy (non-hydrogen) atoms. The van der Waals surface area contributed by atoms with E-state index in [2.05, 4.69) is 22.3 Å². The molecule has 0 spiro atoms. The Morgan fingerprint density at radius 2 is 1.85 bits per heavy atom. The molecule has 1 aromatic carbocycles. The van der Waals surface area contributed by atoms with Crippen molar-refractivity contribution in [1.82, 2.24) is 15.1 Å². The number of allylic oxidation sites excluding steroid dienone is 4. The van der Waals surface area contributed by atoms with Gasteiger partial charge in [0.15, 0.2) is 5.82 Å². The van der Waals surface area contributed by atoms with Gasteiger partial charge in [-0.2, -0.15) is 15.6 Å². The number of nitriles is 2. The minimum atomic E-state index is -0.759. The van der Waals surface area contributed by atoms with E-state index in [9.17, 15) is 10.5 Å². The van der Waals surface area contributed by atoms with Crippen molar-refractivity contribution in [3.05, 3.63) is 45.6 Å². The number of aryl methyl sites for hydroxylation is 1. The smallest absolute Gasteiger partial charge is 0.153 e. The van der Waals surface area contributed by atoms with Gasteiger partial charge in [-0.3, -0.25) is 5.10 Å². The molecule has 3 N–H and O–H groups in total. The van der Waals surface area contributed by atoms with Gasteiger partial charge in [-0.15, -0.1) is 0 Å². The fraction of sp³-hybridized carbons (Fsp3) is 0.316. The summed E-state index contributed by atoms with van der Waals surface area (Å²) in [5.41, 5.74) is 9.33. The number of anilines is 1. The lowest BCUT2D eigenvalue weighted by molar-refractivity contribution is 0.486. The summed E-state index contributed by atoms with van der Waals surface area (Å²) in [6.07, 6.45) is 0.430. The second-order valence-corrected chi connectivity index (χ2v) is 6.36. The molecule has 7 heteroatoms. The van der Waals surface area contributed by atoms with Gasteiger partial charge in [0.25, 0.3) is 0 Å². The first-order chi connectivity index (χ1) is 12.4. The summed E-state index contributed by atoms with van der Waals surface area (Å²) in [7, 11) is 1.79. The topological polar surface area (TPSA) is 106 Å². The van der Waals surface area contributed by atoms with Crippen LogP contribution in [-0.4, -0.2) is 22.1 Å². The van der Waals surface area contributed by atoms with E-state index in [1.165, 1.54) is 0 Å². The molecule has 0 bridgehead atoms. The molecular weight excluding hydrogens is 331 g/mol. The van der Waals surface area contributed by atoms with Crippen LogP contribution < -0.4 is 5.73 Å². The summed E-state index contributed by atoms with van der Waals surface area (Å²) in [5, 5.41) is 26.8. The number of aromatic amines is 1. The first-order valence-electron chi connectivity index (χ1n) is 8.27. The number of H-pyrrole nitrogens is 1. The van der Waals surface area contributed by atoms with Crippen molar-refractivity contribution in [1.29, 1.82) is 10.5 Å². The SMILES string of the molecule is CCc1c(F)c(C2C(C#N)=C(C)N(C)C(C)=C2C#N)cc2c(N)n[nH]c12. The van der Waals surface area contributed by atoms with Crippen LogP contribution in [0.15, 0.2) is 28.6 Å². The van der Waals surface area contributed by atoms with Crippen molar-refractivity contribution in [2.45, 2.75) is 33.1 Å². The summed E-state index contributed by atoms with van der Waals surface area (Å²) < 4.78 is 15.4. The van der Waals surface area contributed by atoms with Gasteiger partial charge in [0.2, 0.25) is 0 Å². The van der Waals surface area contributed by atoms with E-state index in [0.29, 0.717) is 45.4 Å². The largest absolute Gasteiger partial charge is 0.382 e. The summed E-state index contributed by atoms with van der Waals surface area (Å²) in [6.45, 7) is 5.44. The molecule has 0 fully saturated rings. The van der Waals surface area contributed by atoms with Crippen LogP contribution in [0.4, 0.5) is 10.2 Å². The zero-order valence-electron chi connectivity index (χ0n) is 15.1. The first-order valence-corrected chi connectivity index (χ1v) is 8.27. The van der Waals surface area contributed by atoms with E-state index < -0.39 is 11.7 Å². The van der Waals surface area contributed by atoms with Crippen molar-refractivity contribution < 1.29 is 4.39 Å². The fourth-order valence-corrected chi connectivity index (χ4v) is 3.56. The van der Waals surface area contributed by atoms with Gasteiger partial charge in [-0.25, -0.2) is 4.39 Å². The second-order valence-electron chi connectivity index (χ2n) is 6.36. The third kappa shape index (κ3) is 2.25. The standard InChI is InChI=1S/C19H19FN6/c1-5-11-17(20)12(6-13-18(11)24-25-19(13)23)16-14(7-21)9(2)26(4)10(3)15(16)8-22/h6,16H,5H2,1-4H3,(H3,23,24,25). The van der Waals surface area contributed by atoms with Crippen LogP contribution >= 0.6 is 0 Å². The first kappa shape index (κ1) is 17.5. The summed E-state index contributed by atoms with van der Waals surface area (Å²) in [5.74, 6) is -0.924. The van der Waals surface area contributed by atoms with Crippen molar-refractivity contribution in [2.24, 2.45) is 0 Å². The number of benzene rings is 1. The average molecular weight is 350 g/mol. The van der Waals surface area contributed by atoms with Crippen LogP contribution in [0.25, 0.3) is 10.9 Å². The van der Waals surface area contributed by atoms with Gasteiger partial charge in [0.05, 0.1) is 34.7 Å². The van der Waals surface area contributed by atoms with Gasteiger partial charge in [-0.1, -0.05) is 6.92 Å². The molecule has 1 aliphatic rings. The normalized spacial score (nSPS) is 15.6. The number of halogens is 1. The maximum absolute atomic E-state index is 15.4. The molecule has 2 heterocycles. The molecule has 1 aliphatic heterocycles. The van der Waals surface area contributed by atoms with E-state index in [1.54, 1.807) is 31.9 Å². The van der Waals surface area contributed by atoms with Crippen LogP contribution in [0.5, 0.6) is 0 Å². The Kier molecular flexibility index (Phi) is 4.17. The third-order valence-corrected chi connectivity index (χ3v) is 5.22. The molecule has 0 atom stereocenters. The molecule has 0 amide bonds. The van der Waals surface area contributed by atoms with Crippen LogP contribution in [0.2, 0.25) is 0 Å². The molecule has 6 nitrogen and oxygen atoms in total. The number of fused-ring (bicyclic) bond motifs is 1. The molecular formula is C19H19FN6. The third-order valence-electron chi connectivity index (χ3n) is 5.22. The number of hydrogen-bond donors (Lipinski definition) is 2. The second kappa shape index (κ2) is 6.20. The average Bonchev–Trinajstić information content (AvgIpc) is 2.99. The van der Waals surface area contributed by atoms with Crippen molar-refractivity contribution in [3.8, 4) is 12.1 Å². The maximum Gasteiger partial charge on any atom is 0.153 e. The lowest BCUT2D eigenvalue weighted by Gasteiger charge is -2.33. The summed E-state index contributed by atoms with van der Waals surface area (Å²) in [6, 6.07) is 5.95. The Morgan fingerprint density at radius 3 is 2.35 bits per heavy atom. The fourth-order valence-electron chi connectivity index (χ4n) is 3.56. The van der Waals surface area contributed by atoms with E-state index in [4.69, 9.17) is 5.73 Å². The quantitative estimate of drug-likeness (QED) is 0.862. The summed E-state index contributed by atoms with van der Waals surface area (Å²) >= 11 is 0. The highest BCUT2D eigenvalue weighted by atomic mass is 19.1. The Balaban J connectivity index is 2.41. The Labute approximate surface area is 151 Å². The minimum absolute atomic E-state index is 0.266. The van der Waals surface area contributed by atoms with E-state index >= 15 is 4.39 Å². The van der Waals surface area contributed by atoms with E-state index in [-0.39, 0.29) is 11.4 Å². The summed E-state index contributed by atoms with van der Waals surface area (Å²) in [4.78, 5) is 1.79. The predicted octanol–water partition coefficient (Wildman–Crippen LogP) is 3.47. The van der Waals surface area contributed by atoms with E-state index in [1.807, 2.05) is 6.92 Å². The minimum Gasteiger partial charge on any atom is -0.382 e. The molecule has 0 saturated heterocycles. The lowest BCUT2D eigenvalue weighted by Crippen LogP contribution is -2.26. The monoisotopic (exact) mass is 350 g/mol. The highest BCUT2D eigenvalue weighted by Crippen LogP contribution is 2.43. The molecule has 2 aromatic rings. The molecule has 3 rings (SSSR count). The molecule has 1 aromatic heterocycles. The highest BCUT2D eigenvalue weighted by molar-refractivity contribution is 5.92. The number of nitrogens with one attached hydrogen (secondary N) is 1. The van der Waals surface area contributed by atoms with Crippen LogP contribution in [0, 0.1) is 28.5 Å². The van der Waals surface area contributed by atoms with Gasteiger partial charge >= 0.3 is 0 Å². The van der Waals surface area contributed by atoms with Crippen molar-refractivity contribution in [3.63, 3.8) is 0 Å². The Hall–Kier alpha value is -3.32. The van der Waals surface area contributed by atoms with Gasteiger partial charge < -0.3 is 10.6 Å². The number of rotatable bonds is 2. The molecule has 0 saturated carbocycles. The van der Waals surface area contributed by atoms with Crippen molar-refractivity contribution in [2.75, 3.05) is 12.8 Å². The number of nitrogens with zero attached hydrogens (tertiary/aromatic N) is 4. The number of aromatic nitrogens is 2. The zero-order valence-corrected chi connectivity index (χ0v) is 15.1. The van der Waals surface area contributed by atoms with Gasteiger partial charge in [-0.05, 0) is 26.3 Å². The maximum atomic E-state index is 15.4. The van der Waals surface area contributed by atoms with Crippen LogP contribution in [0.1, 0.15) is 37.8 Å². The van der Waals surface area contributed by atoms with Gasteiger partial charge in [0, 0.05) is 35.0 Å². The zero-order chi connectivity index (χ0) is 19.2. The van der Waals surface area contributed by atoms with Crippen molar-refractivity contribution >= 4 is 16.7 Å². The highest BCUT2D eigenvalue weighted by Gasteiger charge is 2.34. The van der Waals surface area contributed by atoms with Crippen LogP contribution in [-0.2, 0) is 6.42 Å². The van der Waals surface area contributed by atoms with Crippen LogP contribution in [0.3, 0.4) is 0 Å². The molecule has 0 unspecified atom stereocenters. The molecule has 0 radical (unpaired) electrons. The number of nitrogen functional groups attached to an aromatic ring is 1. The van der Waals surface area contributed by atoms with E-state index in [0.717, 1.165) is 0 Å². The van der Waals surface area contributed by atoms with Gasteiger partial charge in [0.1, 0.15) is 5.82 Å². The number of hydrogen-bond acceptors (Lipinski definition) is 5. The Morgan fingerprint density at radius 1 is 1.27 bits per heavy atom. The molecule has 0 aliphatic carbocycles. The Bertz CT molecular complexity index is 1020. The molecule has 132 valence electrons.